The first-order valence-corrected chi connectivity index (χ1v) is 5.28. The van der Waals surface area contributed by atoms with Gasteiger partial charge in [-0.25, -0.2) is 4.98 Å². The predicted octanol–water partition coefficient (Wildman–Crippen LogP) is 1.43. The van der Waals surface area contributed by atoms with Crippen LogP contribution in [0.2, 0.25) is 0 Å². The third-order valence-electron chi connectivity index (χ3n) is 2.34. The molecular formula is C13H13N3O. The maximum Gasteiger partial charge on any atom is 0.241 e. The second-order valence-electron chi connectivity index (χ2n) is 3.63. The minimum absolute atomic E-state index is 0.473. The van der Waals surface area contributed by atoms with E-state index in [9.17, 15) is 4.79 Å². The molecule has 0 bridgehead atoms. The molecule has 1 aromatic carbocycles. The summed E-state index contributed by atoms with van der Waals surface area (Å²) in [5.74, 6) is 0.243. The number of aromatic nitrogens is 2. The smallest absolute Gasteiger partial charge is 0.241 e. The van der Waals surface area contributed by atoms with E-state index in [4.69, 9.17) is 5.73 Å². The molecule has 2 aromatic rings. The summed E-state index contributed by atoms with van der Waals surface area (Å²) in [6.07, 6.45) is 6.49. The van der Waals surface area contributed by atoms with E-state index in [-0.39, 0.29) is 0 Å². The molecule has 4 heteroatoms. The number of benzene rings is 1. The molecule has 1 amide bonds. The second kappa shape index (κ2) is 5.12. The van der Waals surface area contributed by atoms with Gasteiger partial charge in [0, 0.05) is 25.0 Å². The number of hydrogen-bond acceptors (Lipinski definition) is 2. The summed E-state index contributed by atoms with van der Waals surface area (Å²) in [4.78, 5) is 14.8. The van der Waals surface area contributed by atoms with E-state index in [1.807, 2.05) is 41.1 Å². The molecule has 0 saturated heterocycles. The van der Waals surface area contributed by atoms with Gasteiger partial charge in [0.05, 0.1) is 0 Å². The summed E-state index contributed by atoms with van der Waals surface area (Å²) in [6.45, 7) is 0.722. The average Bonchev–Trinajstić information content (AvgIpc) is 2.75. The van der Waals surface area contributed by atoms with Crippen molar-refractivity contribution in [3.05, 3.63) is 60.2 Å². The van der Waals surface area contributed by atoms with Gasteiger partial charge in [0.2, 0.25) is 5.91 Å². The lowest BCUT2D eigenvalue weighted by Crippen LogP contribution is -2.06. The Morgan fingerprint density at radius 2 is 2.12 bits per heavy atom. The van der Waals surface area contributed by atoms with Crippen LogP contribution in [0.25, 0.3) is 6.08 Å². The zero-order valence-corrected chi connectivity index (χ0v) is 9.28. The van der Waals surface area contributed by atoms with Crippen molar-refractivity contribution in [1.29, 1.82) is 0 Å². The van der Waals surface area contributed by atoms with Crippen molar-refractivity contribution in [2.24, 2.45) is 5.73 Å². The lowest BCUT2D eigenvalue weighted by Gasteiger charge is -2.04. The molecule has 4 nitrogen and oxygen atoms in total. The second-order valence-corrected chi connectivity index (χ2v) is 3.63. The highest BCUT2D eigenvalue weighted by Crippen LogP contribution is 2.06. The minimum Gasteiger partial charge on any atom is -0.366 e. The lowest BCUT2D eigenvalue weighted by atomic mass is 10.2. The van der Waals surface area contributed by atoms with Crippen molar-refractivity contribution in [2.45, 2.75) is 6.54 Å². The number of rotatable bonds is 4. The lowest BCUT2D eigenvalue weighted by molar-refractivity contribution is -0.113. The predicted molar refractivity (Wildman–Crippen MR) is 66.0 cm³/mol. The fraction of sp³-hybridized carbons (Fsp3) is 0.0769. The van der Waals surface area contributed by atoms with Crippen LogP contribution in [-0.4, -0.2) is 15.5 Å². The molecule has 0 saturated carbocycles. The highest BCUT2D eigenvalue weighted by atomic mass is 16.1. The Bertz CT molecular complexity index is 529. The molecule has 2 N–H and O–H groups in total. The van der Waals surface area contributed by atoms with E-state index in [2.05, 4.69) is 4.98 Å². The van der Waals surface area contributed by atoms with Gasteiger partial charge in [0.25, 0.3) is 0 Å². The molecule has 0 radical (unpaired) electrons. The molecule has 86 valence electrons. The van der Waals surface area contributed by atoms with Crippen LogP contribution in [0, 0.1) is 0 Å². The molecule has 0 aliphatic rings. The normalized spacial score (nSPS) is 10.8. The van der Waals surface area contributed by atoms with Crippen LogP contribution in [0.3, 0.4) is 0 Å². The molecule has 1 heterocycles. The van der Waals surface area contributed by atoms with Gasteiger partial charge in [-0.2, -0.15) is 0 Å². The minimum atomic E-state index is -0.473. The zero-order valence-electron chi connectivity index (χ0n) is 9.28. The van der Waals surface area contributed by atoms with E-state index in [0.717, 1.165) is 6.54 Å². The van der Waals surface area contributed by atoms with Gasteiger partial charge < -0.3 is 10.3 Å². The van der Waals surface area contributed by atoms with Gasteiger partial charge in [-0.15, -0.1) is 0 Å². The molecule has 2 rings (SSSR count). The van der Waals surface area contributed by atoms with Gasteiger partial charge >= 0.3 is 0 Å². The first-order valence-electron chi connectivity index (χ1n) is 5.28. The maximum atomic E-state index is 10.7. The SMILES string of the molecule is NC(=O)/C=C/c1nccn1Cc1ccccc1. The van der Waals surface area contributed by atoms with Crippen molar-refractivity contribution in [2.75, 3.05) is 0 Å². The monoisotopic (exact) mass is 227 g/mol. The Morgan fingerprint density at radius 3 is 2.82 bits per heavy atom. The molecule has 1 aromatic heterocycles. The number of hydrogen-bond donors (Lipinski definition) is 1. The summed E-state index contributed by atoms with van der Waals surface area (Å²) in [5.41, 5.74) is 6.23. The Labute approximate surface area is 99.4 Å². The summed E-state index contributed by atoms with van der Waals surface area (Å²) in [5, 5.41) is 0. The maximum absolute atomic E-state index is 10.7. The number of amides is 1. The van der Waals surface area contributed by atoms with Crippen molar-refractivity contribution in [3.63, 3.8) is 0 Å². The number of primary amides is 1. The van der Waals surface area contributed by atoms with Crippen molar-refractivity contribution < 1.29 is 4.79 Å². The first-order chi connectivity index (χ1) is 8.25. The highest BCUT2D eigenvalue weighted by Gasteiger charge is 2.00. The third-order valence-corrected chi connectivity index (χ3v) is 2.34. The molecule has 0 aliphatic heterocycles. The van der Waals surface area contributed by atoms with Crippen molar-refractivity contribution >= 4 is 12.0 Å². The van der Waals surface area contributed by atoms with Crippen LogP contribution >= 0.6 is 0 Å². The van der Waals surface area contributed by atoms with E-state index in [1.54, 1.807) is 12.3 Å². The van der Waals surface area contributed by atoms with E-state index < -0.39 is 5.91 Å². The molecule has 17 heavy (non-hydrogen) atoms. The summed E-state index contributed by atoms with van der Waals surface area (Å²) < 4.78 is 1.95. The topological polar surface area (TPSA) is 60.9 Å². The van der Waals surface area contributed by atoms with Gasteiger partial charge in [-0.3, -0.25) is 4.79 Å². The van der Waals surface area contributed by atoms with E-state index >= 15 is 0 Å². The Morgan fingerprint density at radius 1 is 1.35 bits per heavy atom. The van der Waals surface area contributed by atoms with Crippen LogP contribution in [-0.2, 0) is 11.3 Å². The fourth-order valence-electron chi connectivity index (χ4n) is 1.55. The summed E-state index contributed by atoms with van der Waals surface area (Å²) in [7, 11) is 0. The van der Waals surface area contributed by atoms with Gasteiger partial charge in [0.1, 0.15) is 5.82 Å². The quantitative estimate of drug-likeness (QED) is 0.803. The Hall–Kier alpha value is -2.36. The van der Waals surface area contributed by atoms with Gasteiger partial charge in [-0.1, -0.05) is 30.3 Å². The molecule has 0 spiro atoms. The molecular weight excluding hydrogens is 214 g/mol. The molecule has 0 fully saturated rings. The van der Waals surface area contributed by atoms with Crippen LogP contribution < -0.4 is 5.73 Å². The van der Waals surface area contributed by atoms with Crippen molar-refractivity contribution in [3.8, 4) is 0 Å². The number of carbonyl (C=O) groups excluding carboxylic acids is 1. The van der Waals surface area contributed by atoms with Crippen LogP contribution in [0.1, 0.15) is 11.4 Å². The Kier molecular flexibility index (Phi) is 3.35. The van der Waals surface area contributed by atoms with Crippen LogP contribution in [0.5, 0.6) is 0 Å². The largest absolute Gasteiger partial charge is 0.366 e. The first kappa shape index (κ1) is 11.1. The number of carbonyl (C=O) groups is 1. The van der Waals surface area contributed by atoms with Crippen LogP contribution in [0.15, 0.2) is 48.8 Å². The van der Waals surface area contributed by atoms with E-state index in [0.29, 0.717) is 5.82 Å². The average molecular weight is 227 g/mol. The van der Waals surface area contributed by atoms with Gasteiger partial charge in [0.15, 0.2) is 0 Å². The molecule has 0 unspecified atom stereocenters. The van der Waals surface area contributed by atoms with Crippen LogP contribution in [0.4, 0.5) is 0 Å². The third kappa shape index (κ3) is 3.04. The van der Waals surface area contributed by atoms with E-state index in [1.165, 1.54) is 11.6 Å². The summed E-state index contributed by atoms with van der Waals surface area (Å²) >= 11 is 0. The Balaban J connectivity index is 2.17. The summed E-state index contributed by atoms with van der Waals surface area (Å²) in [6, 6.07) is 10.0. The number of nitrogens with zero attached hydrogens (tertiary/aromatic N) is 2. The number of imidazole rings is 1. The molecule has 0 atom stereocenters. The zero-order chi connectivity index (χ0) is 12.1. The van der Waals surface area contributed by atoms with Crippen molar-refractivity contribution in [1.82, 2.24) is 9.55 Å². The number of nitrogens with two attached hydrogens (primary N) is 1. The highest BCUT2D eigenvalue weighted by molar-refractivity contribution is 5.89. The van der Waals surface area contributed by atoms with Gasteiger partial charge in [-0.05, 0) is 11.6 Å². The fourth-order valence-corrected chi connectivity index (χ4v) is 1.55. The standard InChI is InChI=1S/C13H13N3O/c14-12(17)6-7-13-15-8-9-16(13)10-11-4-2-1-3-5-11/h1-9H,10H2,(H2,14,17)/b7-6+. The molecule has 0 aliphatic carbocycles.